The number of hydrogen-bond acceptors (Lipinski definition) is 3. The zero-order valence-corrected chi connectivity index (χ0v) is 15.5. The summed E-state index contributed by atoms with van der Waals surface area (Å²) >= 11 is 0. The van der Waals surface area contributed by atoms with Gasteiger partial charge in [0, 0.05) is 23.3 Å². The van der Waals surface area contributed by atoms with Crippen LogP contribution in [0.5, 0.6) is 0 Å². The van der Waals surface area contributed by atoms with Gasteiger partial charge in [0.05, 0.1) is 17.1 Å². The quantitative estimate of drug-likeness (QED) is 0.727. The van der Waals surface area contributed by atoms with E-state index < -0.39 is 0 Å². The molecule has 26 heavy (non-hydrogen) atoms. The van der Waals surface area contributed by atoms with Crippen LogP contribution in [0.4, 0.5) is 5.69 Å². The Morgan fingerprint density at radius 2 is 2.00 bits per heavy atom. The van der Waals surface area contributed by atoms with Crippen LogP contribution in [0.15, 0.2) is 36.5 Å². The molecule has 0 spiro atoms. The molecule has 0 unspecified atom stereocenters. The fraction of sp³-hybridized carbons (Fsp3) is 0.381. The average Bonchev–Trinajstić information content (AvgIpc) is 3.40. The van der Waals surface area contributed by atoms with E-state index in [1.54, 1.807) is 6.20 Å². The Balaban J connectivity index is 1.72. The maximum Gasteiger partial charge on any atom is 0.256 e. The van der Waals surface area contributed by atoms with Gasteiger partial charge in [0.25, 0.3) is 5.91 Å². The monoisotopic (exact) mass is 348 g/mol. The van der Waals surface area contributed by atoms with E-state index >= 15 is 0 Å². The van der Waals surface area contributed by atoms with Gasteiger partial charge in [-0.3, -0.25) is 4.79 Å². The van der Waals surface area contributed by atoms with Crippen molar-refractivity contribution in [3.05, 3.63) is 53.3 Å². The molecule has 0 bridgehead atoms. The van der Waals surface area contributed by atoms with E-state index in [4.69, 9.17) is 4.98 Å². The van der Waals surface area contributed by atoms with Crippen molar-refractivity contribution < 1.29 is 4.79 Å². The van der Waals surface area contributed by atoms with Crippen molar-refractivity contribution in [1.29, 1.82) is 0 Å². The van der Waals surface area contributed by atoms with Crippen molar-refractivity contribution in [2.75, 3.05) is 5.32 Å². The SMILES string of the molecule is CCc1ccc(NC(=O)c2cc(C3CC3)nc3c2cnn3C(C)C)cc1. The second-order valence-electron chi connectivity index (χ2n) is 7.29. The summed E-state index contributed by atoms with van der Waals surface area (Å²) in [6.45, 7) is 6.27. The number of aromatic nitrogens is 3. The lowest BCUT2D eigenvalue weighted by Crippen LogP contribution is -2.14. The molecule has 2 heterocycles. The van der Waals surface area contributed by atoms with E-state index in [-0.39, 0.29) is 11.9 Å². The number of carbonyl (C=O) groups is 1. The molecule has 3 aromatic rings. The number of carbonyl (C=O) groups excluding carboxylic acids is 1. The molecule has 1 aliphatic carbocycles. The topological polar surface area (TPSA) is 59.8 Å². The highest BCUT2D eigenvalue weighted by atomic mass is 16.1. The third kappa shape index (κ3) is 3.09. The van der Waals surface area contributed by atoms with Crippen molar-refractivity contribution in [1.82, 2.24) is 14.8 Å². The molecule has 4 rings (SSSR count). The number of anilines is 1. The molecule has 1 amide bonds. The summed E-state index contributed by atoms with van der Waals surface area (Å²) in [5, 5.41) is 8.30. The minimum absolute atomic E-state index is 0.105. The molecule has 0 saturated heterocycles. The van der Waals surface area contributed by atoms with E-state index in [0.717, 1.165) is 41.7 Å². The van der Waals surface area contributed by atoms with Crippen LogP contribution < -0.4 is 5.32 Å². The van der Waals surface area contributed by atoms with Gasteiger partial charge in [-0.25, -0.2) is 9.67 Å². The first-order valence-electron chi connectivity index (χ1n) is 9.35. The van der Waals surface area contributed by atoms with Crippen molar-refractivity contribution in [3.8, 4) is 0 Å². The summed E-state index contributed by atoms with van der Waals surface area (Å²) in [6, 6.07) is 10.1. The maximum absolute atomic E-state index is 13.0. The molecule has 1 aromatic carbocycles. The van der Waals surface area contributed by atoms with Gasteiger partial charge in [0.15, 0.2) is 5.65 Å². The van der Waals surface area contributed by atoms with Crippen molar-refractivity contribution >= 4 is 22.6 Å². The average molecular weight is 348 g/mol. The van der Waals surface area contributed by atoms with Crippen LogP contribution in [0, 0.1) is 0 Å². The lowest BCUT2D eigenvalue weighted by atomic mass is 10.1. The van der Waals surface area contributed by atoms with Crippen LogP contribution in [0.25, 0.3) is 11.0 Å². The van der Waals surface area contributed by atoms with Gasteiger partial charge in [0.1, 0.15) is 0 Å². The lowest BCUT2D eigenvalue weighted by molar-refractivity contribution is 0.102. The first-order chi connectivity index (χ1) is 12.6. The molecule has 0 aliphatic heterocycles. The summed E-state index contributed by atoms with van der Waals surface area (Å²) in [4.78, 5) is 17.8. The number of amides is 1. The van der Waals surface area contributed by atoms with Gasteiger partial charge < -0.3 is 5.32 Å². The number of hydrogen-bond donors (Lipinski definition) is 1. The maximum atomic E-state index is 13.0. The van der Waals surface area contributed by atoms with Crippen molar-refractivity contribution in [2.24, 2.45) is 0 Å². The first kappa shape index (κ1) is 16.8. The zero-order valence-electron chi connectivity index (χ0n) is 15.5. The number of aryl methyl sites for hydroxylation is 1. The molecule has 2 aromatic heterocycles. The van der Waals surface area contributed by atoms with E-state index in [9.17, 15) is 4.79 Å². The van der Waals surface area contributed by atoms with Crippen LogP contribution in [0.2, 0.25) is 0 Å². The predicted molar refractivity (Wildman–Crippen MR) is 104 cm³/mol. The molecule has 0 radical (unpaired) electrons. The molecule has 1 saturated carbocycles. The van der Waals surface area contributed by atoms with Gasteiger partial charge in [0.2, 0.25) is 0 Å². The van der Waals surface area contributed by atoms with Gasteiger partial charge in [-0.15, -0.1) is 0 Å². The molecule has 0 atom stereocenters. The third-order valence-corrected chi connectivity index (χ3v) is 4.94. The number of nitrogens with one attached hydrogen (secondary N) is 1. The Kier molecular flexibility index (Phi) is 4.23. The highest BCUT2D eigenvalue weighted by molar-refractivity contribution is 6.12. The molecule has 1 aliphatic rings. The highest BCUT2D eigenvalue weighted by Crippen LogP contribution is 2.40. The van der Waals surface area contributed by atoms with Crippen molar-refractivity contribution in [2.45, 2.75) is 52.0 Å². The number of fused-ring (bicyclic) bond motifs is 1. The second kappa shape index (κ2) is 6.56. The third-order valence-electron chi connectivity index (χ3n) is 4.94. The van der Waals surface area contributed by atoms with Crippen molar-refractivity contribution in [3.63, 3.8) is 0 Å². The largest absolute Gasteiger partial charge is 0.322 e. The lowest BCUT2D eigenvalue weighted by Gasteiger charge is -2.11. The first-order valence-corrected chi connectivity index (χ1v) is 9.35. The Labute approximate surface area is 153 Å². The molecule has 1 N–H and O–H groups in total. The van der Waals surface area contributed by atoms with E-state index in [1.165, 1.54) is 5.56 Å². The number of benzene rings is 1. The van der Waals surface area contributed by atoms with Gasteiger partial charge in [-0.2, -0.15) is 5.10 Å². The van der Waals surface area contributed by atoms with Gasteiger partial charge in [-0.05, 0) is 56.9 Å². The van der Waals surface area contributed by atoms with Gasteiger partial charge >= 0.3 is 0 Å². The summed E-state index contributed by atoms with van der Waals surface area (Å²) < 4.78 is 1.90. The fourth-order valence-corrected chi connectivity index (χ4v) is 3.21. The molecular formula is C21H24N4O. The fourth-order valence-electron chi connectivity index (χ4n) is 3.21. The van der Waals surface area contributed by atoms with Crippen LogP contribution in [0.1, 0.15) is 67.2 Å². The zero-order chi connectivity index (χ0) is 18.3. The summed E-state index contributed by atoms with van der Waals surface area (Å²) in [7, 11) is 0. The number of pyridine rings is 1. The minimum atomic E-state index is -0.105. The Morgan fingerprint density at radius 3 is 2.62 bits per heavy atom. The molecule has 5 nitrogen and oxygen atoms in total. The number of rotatable bonds is 5. The normalized spacial score (nSPS) is 14.2. The van der Waals surface area contributed by atoms with E-state index in [1.807, 2.05) is 35.0 Å². The van der Waals surface area contributed by atoms with Crippen LogP contribution in [0.3, 0.4) is 0 Å². The van der Waals surface area contributed by atoms with Crippen LogP contribution in [-0.2, 0) is 6.42 Å². The van der Waals surface area contributed by atoms with Crippen LogP contribution in [-0.4, -0.2) is 20.7 Å². The predicted octanol–water partition coefficient (Wildman–Crippen LogP) is 4.70. The van der Waals surface area contributed by atoms with E-state index in [0.29, 0.717) is 11.5 Å². The Hall–Kier alpha value is -2.69. The highest BCUT2D eigenvalue weighted by Gasteiger charge is 2.28. The standard InChI is InChI=1S/C21H24N4O/c1-4-14-5-9-16(10-6-14)23-21(26)17-11-19(15-7-8-15)24-20-18(17)12-22-25(20)13(2)3/h5-6,9-13,15H,4,7-8H2,1-3H3,(H,23,26). The Bertz CT molecular complexity index is 952. The molecule has 134 valence electrons. The molecular weight excluding hydrogens is 324 g/mol. The summed E-state index contributed by atoms with van der Waals surface area (Å²) in [5.74, 6) is 0.372. The smallest absolute Gasteiger partial charge is 0.256 e. The minimum Gasteiger partial charge on any atom is -0.322 e. The summed E-state index contributed by atoms with van der Waals surface area (Å²) in [5.41, 5.74) is 4.52. The molecule has 5 heteroatoms. The number of nitrogens with zero attached hydrogens (tertiary/aromatic N) is 3. The van der Waals surface area contributed by atoms with Crippen LogP contribution >= 0.6 is 0 Å². The van der Waals surface area contributed by atoms with Gasteiger partial charge in [-0.1, -0.05) is 19.1 Å². The Morgan fingerprint density at radius 1 is 1.27 bits per heavy atom. The molecule has 1 fully saturated rings. The second-order valence-corrected chi connectivity index (χ2v) is 7.29. The summed E-state index contributed by atoms with van der Waals surface area (Å²) in [6.07, 6.45) is 5.04. The van der Waals surface area contributed by atoms with E-state index in [2.05, 4.69) is 31.2 Å².